The standard InChI is InChI=1S/C13H24N2O3/c1-8(2)9(3)15-13(18)14-7-10-5-4-6-11(10)12(16)17/h8-11H,4-7H2,1-3H3,(H,16,17)(H2,14,15,18). The summed E-state index contributed by atoms with van der Waals surface area (Å²) in [5.41, 5.74) is 0. The Morgan fingerprint density at radius 3 is 2.50 bits per heavy atom. The van der Waals surface area contributed by atoms with Crippen molar-refractivity contribution in [1.82, 2.24) is 10.6 Å². The highest BCUT2D eigenvalue weighted by molar-refractivity contribution is 5.74. The van der Waals surface area contributed by atoms with Crippen molar-refractivity contribution >= 4 is 12.0 Å². The van der Waals surface area contributed by atoms with Gasteiger partial charge in [0, 0.05) is 12.6 Å². The van der Waals surface area contributed by atoms with Crippen LogP contribution in [0.1, 0.15) is 40.0 Å². The molecule has 0 heterocycles. The number of carbonyl (C=O) groups excluding carboxylic acids is 1. The lowest BCUT2D eigenvalue weighted by atomic mass is 9.96. The van der Waals surface area contributed by atoms with Crippen molar-refractivity contribution < 1.29 is 14.7 Å². The molecule has 0 aromatic heterocycles. The van der Waals surface area contributed by atoms with E-state index < -0.39 is 5.97 Å². The summed E-state index contributed by atoms with van der Waals surface area (Å²) in [6.45, 7) is 6.50. The lowest BCUT2D eigenvalue weighted by Crippen LogP contribution is -2.45. The first kappa shape index (κ1) is 14.8. The number of carbonyl (C=O) groups is 2. The van der Waals surface area contributed by atoms with E-state index in [4.69, 9.17) is 5.11 Å². The monoisotopic (exact) mass is 256 g/mol. The molecular weight excluding hydrogens is 232 g/mol. The maximum absolute atomic E-state index is 11.6. The Morgan fingerprint density at radius 2 is 1.94 bits per heavy atom. The average molecular weight is 256 g/mol. The number of urea groups is 1. The van der Waals surface area contributed by atoms with Crippen LogP contribution >= 0.6 is 0 Å². The number of carboxylic acids is 1. The fourth-order valence-corrected chi connectivity index (χ4v) is 2.25. The van der Waals surface area contributed by atoms with Gasteiger partial charge in [-0.05, 0) is 31.6 Å². The smallest absolute Gasteiger partial charge is 0.315 e. The average Bonchev–Trinajstić information content (AvgIpc) is 2.74. The number of hydrogen-bond acceptors (Lipinski definition) is 2. The maximum atomic E-state index is 11.6. The molecule has 1 aliphatic carbocycles. The van der Waals surface area contributed by atoms with Gasteiger partial charge in [-0.3, -0.25) is 4.79 Å². The molecule has 0 spiro atoms. The summed E-state index contributed by atoms with van der Waals surface area (Å²) in [4.78, 5) is 22.6. The van der Waals surface area contributed by atoms with Crippen LogP contribution in [-0.2, 0) is 4.79 Å². The Balaban J connectivity index is 2.32. The molecule has 18 heavy (non-hydrogen) atoms. The van der Waals surface area contributed by atoms with Crippen molar-refractivity contribution in [2.24, 2.45) is 17.8 Å². The fourth-order valence-electron chi connectivity index (χ4n) is 2.25. The summed E-state index contributed by atoms with van der Waals surface area (Å²) in [5, 5.41) is 14.7. The highest BCUT2D eigenvalue weighted by Crippen LogP contribution is 2.31. The Kier molecular flexibility index (Phi) is 5.44. The van der Waals surface area contributed by atoms with Crippen LogP contribution in [0.2, 0.25) is 0 Å². The van der Waals surface area contributed by atoms with Crippen molar-refractivity contribution in [2.45, 2.75) is 46.1 Å². The van der Waals surface area contributed by atoms with Crippen LogP contribution in [0.25, 0.3) is 0 Å². The summed E-state index contributed by atoms with van der Waals surface area (Å²) in [5.74, 6) is -0.584. The minimum atomic E-state index is -0.741. The van der Waals surface area contributed by atoms with Crippen LogP contribution < -0.4 is 10.6 Å². The number of nitrogens with one attached hydrogen (secondary N) is 2. The van der Waals surface area contributed by atoms with Gasteiger partial charge in [0.2, 0.25) is 0 Å². The zero-order valence-electron chi connectivity index (χ0n) is 11.4. The summed E-state index contributed by atoms with van der Waals surface area (Å²) >= 11 is 0. The Labute approximate surface area is 108 Å². The van der Waals surface area contributed by atoms with Crippen LogP contribution in [0.15, 0.2) is 0 Å². The van der Waals surface area contributed by atoms with Crippen molar-refractivity contribution in [1.29, 1.82) is 0 Å². The lowest BCUT2D eigenvalue weighted by molar-refractivity contribution is -0.142. The molecule has 3 unspecified atom stereocenters. The third-order valence-corrected chi connectivity index (χ3v) is 3.86. The number of rotatable bonds is 5. The second-order valence-electron chi connectivity index (χ2n) is 5.52. The van der Waals surface area contributed by atoms with E-state index in [0.717, 1.165) is 19.3 Å². The molecule has 5 heteroatoms. The molecule has 1 saturated carbocycles. The largest absolute Gasteiger partial charge is 0.481 e. The SMILES string of the molecule is CC(C)C(C)NC(=O)NCC1CCCC1C(=O)O. The van der Waals surface area contributed by atoms with E-state index >= 15 is 0 Å². The Morgan fingerprint density at radius 1 is 1.28 bits per heavy atom. The van der Waals surface area contributed by atoms with Gasteiger partial charge in [-0.15, -0.1) is 0 Å². The molecule has 0 saturated heterocycles. The van der Waals surface area contributed by atoms with Gasteiger partial charge in [0.15, 0.2) is 0 Å². The van der Waals surface area contributed by atoms with Crippen molar-refractivity contribution in [3.8, 4) is 0 Å². The van der Waals surface area contributed by atoms with E-state index in [0.29, 0.717) is 12.5 Å². The van der Waals surface area contributed by atoms with Crippen LogP contribution in [-0.4, -0.2) is 29.7 Å². The normalized spacial score (nSPS) is 24.9. The molecule has 2 amide bonds. The Bertz CT molecular complexity index is 305. The minimum Gasteiger partial charge on any atom is -0.481 e. The summed E-state index contributed by atoms with van der Waals surface area (Å²) < 4.78 is 0. The van der Waals surface area contributed by atoms with Crippen molar-refractivity contribution in [3.05, 3.63) is 0 Å². The Hall–Kier alpha value is -1.26. The summed E-state index contributed by atoms with van der Waals surface area (Å²) in [6.07, 6.45) is 2.55. The van der Waals surface area contributed by atoms with Gasteiger partial charge in [0.25, 0.3) is 0 Å². The maximum Gasteiger partial charge on any atom is 0.315 e. The first-order valence-corrected chi connectivity index (χ1v) is 6.69. The predicted molar refractivity (Wildman–Crippen MR) is 69.3 cm³/mol. The molecular formula is C13H24N2O3. The van der Waals surface area contributed by atoms with E-state index in [1.54, 1.807) is 0 Å². The van der Waals surface area contributed by atoms with Crippen LogP contribution in [0, 0.1) is 17.8 Å². The molecule has 1 fully saturated rings. The van der Waals surface area contributed by atoms with Gasteiger partial charge in [0.05, 0.1) is 5.92 Å². The van der Waals surface area contributed by atoms with Crippen LogP contribution in [0.3, 0.4) is 0 Å². The van der Waals surface area contributed by atoms with Gasteiger partial charge in [-0.25, -0.2) is 4.79 Å². The molecule has 0 aromatic rings. The van der Waals surface area contributed by atoms with E-state index in [1.165, 1.54) is 0 Å². The first-order chi connectivity index (χ1) is 8.41. The van der Waals surface area contributed by atoms with Gasteiger partial charge in [0.1, 0.15) is 0 Å². The fraction of sp³-hybridized carbons (Fsp3) is 0.846. The molecule has 1 aliphatic rings. The zero-order chi connectivity index (χ0) is 13.7. The van der Waals surface area contributed by atoms with Gasteiger partial charge in [-0.1, -0.05) is 20.3 Å². The van der Waals surface area contributed by atoms with E-state index in [9.17, 15) is 9.59 Å². The number of amides is 2. The highest BCUT2D eigenvalue weighted by Gasteiger charge is 2.32. The molecule has 3 N–H and O–H groups in total. The zero-order valence-corrected chi connectivity index (χ0v) is 11.4. The highest BCUT2D eigenvalue weighted by atomic mass is 16.4. The molecule has 0 bridgehead atoms. The van der Waals surface area contributed by atoms with Gasteiger partial charge < -0.3 is 15.7 Å². The number of hydrogen-bond donors (Lipinski definition) is 3. The van der Waals surface area contributed by atoms with Crippen molar-refractivity contribution in [2.75, 3.05) is 6.54 Å². The quantitative estimate of drug-likeness (QED) is 0.702. The van der Waals surface area contributed by atoms with Gasteiger partial charge in [-0.2, -0.15) is 0 Å². The lowest BCUT2D eigenvalue weighted by Gasteiger charge is -2.20. The molecule has 104 valence electrons. The van der Waals surface area contributed by atoms with E-state index in [2.05, 4.69) is 10.6 Å². The summed E-state index contributed by atoms with van der Waals surface area (Å²) in [6, 6.07) is -0.0870. The molecule has 1 rings (SSSR count). The molecule has 0 aliphatic heterocycles. The second-order valence-corrected chi connectivity index (χ2v) is 5.52. The van der Waals surface area contributed by atoms with E-state index in [-0.39, 0.29) is 23.9 Å². The molecule has 3 atom stereocenters. The molecule has 5 nitrogen and oxygen atoms in total. The second kappa shape index (κ2) is 6.61. The third-order valence-electron chi connectivity index (χ3n) is 3.86. The number of aliphatic carboxylic acids is 1. The minimum absolute atomic E-state index is 0.0719. The third kappa shape index (κ3) is 4.20. The van der Waals surface area contributed by atoms with E-state index in [1.807, 2.05) is 20.8 Å². The number of carboxylic acid groups (broad SMARTS) is 1. The van der Waals surface area contributed by atoms with Crippen LogP contribution in [0.5, 0.6) is 0 Å². The predicted octanol–water partition coefficient (Wildman–Crippen LogP) is 1.83. The van der Waals surface area contributed by atoms with Crippen molar-refractivity contribution in [3.63, 3.8) is 0 Å². The summed E-state index contributed by atoms with van der Waals surface area (Å²) in [7, 11) is 0. The first-order valence-electron chi connectivity index (χ1n) is 6.69. The van der Waals surface area contributed by atoms with Gasteiger partial charge >= 0.3 is 12.0 Å². The molecule has 0 aromatic carbocycles. The topological polar surface area (TPSA) is 78.4 Å². The van der Waals surface area contributed by atoms with Crippen LogP contribution in [0.4, 0.5) is 4.79 Å². The molecule has 0 radical (unpaired) electrons.